The fourth-order valence-electron chi connectivity index (χ4n) is 1.90. The molecule has 104 valence electrons. The van der Waals surface area contributed by atoms with Crippen LogP contribution in [0.3, 0.4) is 0 Å². The van der Waals surface area contributed by atoms with Crippen LogP contribution in [0.4, 0.5) is 10.1 Å². The largest absolute Gasteiger partial charge is 0.321 e. The number of nitrogens with zero attached hydrogens (tertiary/aromatic N) is 2. The highest BCUT2D eigenvalue weighted by Gasteiger charge is 2.10. The maximum absolute atomic E-state index is 12.8. The van der Waals surface area contributed by atoms with E-state index in [9.17, 15) is 9.18 Å². The van der Waals surface area contributed by atoms with Gasteiger partial charge in [0.25, 0.3) is 5.91 Å². The summed E-state index contributed by atoms with van der Waals surface area (Å²) in [6.07, 6.45) is 1.72. The summed E-state index contributed by atoms with van der Waals surface area (Å²) in [4.78, 5) is 12.1. The van der Waals surface area contributed by atoms with E-state index in [2.05, 4.69) is 10.4 Å². The molecule has 0 fully saturated rings. The summed E-state index contributed by atoms with van der Waals surface area (Å²) in [5.41, 5.74) is 1.69. The Kier molecular flexibility index (Phi) is 3.47. The average Bonchev–Trinajstić information content (AvgIpc) is 3.00. The molecule has 0 bridgehead atoms. The highest BCUT2D eigenvalue weighted by Crippen LogP contribution is 2.11. The first kappa shape index (κ1) is 13.1. The Morgan fingerprint density at radius 3 is 2.43 bits per heavy atom. The number of amides is 1. The standard InChI is InChI=1S/C16H12FN3O/c17-12-6-8-13(9-7-12)18-16(21)15-10-11-20(19-15)14-4-2-1-3-5-14/h1-11H,(H,18,21). The van der Waals surface area contributed by atoms with Crippen molar-refractivity contribution >= 4 is 11.6 Å². The minimum atomic E-state index is -0.346. The number of carbonyl (C=O) groups is 1. The van der Waals surface area contributed by atoms with Crippen molar-refractivity contribution < 1.29 is 9.18 Å². The second kappa shape index (κ2) is 5.58. The molecule has 0 spiro atoms. The highest BCUT2D eigenvalue weighted by atomic mass is 19.1. The Labute approximate surface area is 120 Å². The number of benzene rings is 2. The smallest absolute Gasteiger partial charge is 0.276 e. The first-order valence-corrected chi connectivity index (χ1v) is 6.40. The van der Waals surface area contributed by atoms with Crippen LogP contribution in [-0.2, 0) is 0 Å². The van der Waals surface area contributed by atoms with Gasteiger partial charge in [0.1, 0.15) is 5.82 Å². The Morgan fingerprint density at radius 1 is 1.00 bits per heavy atom. The SMILES string of the molecule is O=C(Nc1ccc(F)cc1)c1ccn(-c2ccccc2)n1. The summed E-state index contributed by atoms with van der Waals surface area (Å²) < 4.78 is 14.4. The van der Waals surface area contributed by atoms with Crippen molar-refractivity contribution in [1.29, 1.82) is 0 Å². The van der Waals surface area contributed by atoms with Crippen molar-refractivity contribution in [3.8, 4) is 5.69 Å². The van der Waals surface area contributed by atoms with Crippen LogP contribution in [0.15, 0.2) is 66.9 Å². The van der Waals surface area contributed by atoms with Gasteiger partial charge in [0, 0.05) is 11.9 Å². The van der Waals surface area contributed by atoms with E-state index in [1.165, 1.54) is 24.3 Å². The van der Waals surface area contributed by atoms with Gasteiger partial charge in [-0.15, -0.1) is 0 Å². The topological polar surface area (TPSA) is 46.9 Å². The van der Waals surface area contributed by atoms with Crippen molar-refractivity contribution in [3.63, 3.8) is 0 Å². The van der Waals surface area contributed by atoms with Crippen LogP contribution >= 0.6 is 0 Å². The minimum absolute atomic E-state index is 0.295. The molecule has 1 aromatic heterocycles. The predicted molar refractivity (Wildman–Crippen MR) is 77.9 cm³/mol. The molecule has 3 rings (SSSR count). The van der Waals surface area contributed by atoms with Gasteiger partial charge >= 0.3 is 0 Å². The number of carbonyl (C=O) groups excluding carboxylic acids is 1. The number of halogens is 1. The Hall–Kier alpha value is -2.95. The third kappa shape index (κ3) is 2.97. The third-order valence-corrected chi connectivity index (χ3v) is 2.94. The number of anilines is 1. The third-order valence-electron chi connectivity index (χ3n) is 2.94. The van der Waals surface area contributed by atoms with E-state index in [1.54, 1.807) is 16.9 Å². The van der Waals surface area contributed by atoms with E-state index >= 15 is 0 Å². The van der Waals surface area contributed by atoms with Gasteiger partial charge in [0.2, 0.25) is 0 Å². The van der Waals surface area contributed by atoms with Crippen LogP contribution in [0.1, 0.15) is 10.5 Å². The van der Waals surface area contributed by atoms with Gasteiger partial charge in [-0.25, -0.2) is 9.07 Å². The van der Waals surface area contributed by atoms with Gasteiger partial charge in [0.05, 0.1) is 5.69 Å². The summed E-state index contributed by atoms with van der Waals surface area (Å²) in [6, 6.07) is 16.7. The van der Waals surface area contributed by atoms with E-state index in [0.717, 1.165) is 5.69 Å². The number of aromatic nitrogens is 2. The molecule has 2 aromatic carbocycles. The second-order valence-electron chi connectivity index (χ2n) is 4.44. The molecule has 3 aromatic rings. The van der Waals surface area contributed by atoms with Gasteiger partial charge in [-0.2, -0.15) is 5.10 Å². The van der Waals surface area contributed by atoms with E-state index < -0.39 is 0 Å². The molecule has 0 unspecified atom stereocenters. The van der Waals surface area contributed by atoms with E-state index in [4.69, 9.17) is 0 Å². The molecule has 1 N–H and O–H groups in total. The predicted octanol–water partition coefficient (Wildman–Crippen LogP) is 3.26. The van der Waals surface area contributed by atoms with Crippen molar-refractivity contribution in [3.05, 3.63) is 78.4 Å². The number of hydrogen-bond acceptors (Lipinski definition) is 2. The van der Waals surface area contributed by atoms with Gasteiger partial charge in [-0.05, 0) is 42.5 Å². The molecule has 0 radical (unpaired) electrons. The van der Waals surface area contributed by atoms with Crippen LogP contribution in [0.25, 0.3) is 5.69 Å². The molecule has 1 amide bonds. The Balaban J connectivity index is 1.77. The zero-order valence-corrected chi connectivity index (χ0v) is 11.0. The zero-order chi connectivity index (χ0) is 14.7. The second-order valence-corrected chi connectivity index (χ2v) is 4.44. The van der Waals surface area contributed by atoms with Crippen molar-refractivity contribution in [2.24, 2.45) is 0 Å². The Morgan fingerprint density at radius 2 is 1.71 bits per heavy atom. The summed E-state index contributed by atoms with van der Waals surface area (Å²) in [7, 11) is 0. The molecular weight excluding hydrogens is 269 g/mol. The van der Waals surface area contributed by atoms with Gasteiger partial charge < -0.3 is 5.32 Å². The normalized spacial score (nSPS) is 10.3. The van der Waals surface area contributed by atoms with E-state index in [-0.39, 0.29) is 11.7 Å². The molecule has 0 aliphatic rings. The molecule has 0 saturated heterocycles. The lowest BCUT2D eigenvalue weighted by molar-refractivity contribution is 0.102. The zero-order valence-electron chi connectivity index (χ0n) is 11.0. The summed E-state index contributed by atoms with van der Waals surface area (Å²) >= 11 is 0. The maximum atomic E-state index is 12.8. The van der Waals surface area contributed by atoms with Crippen LogP contribution in [0.5, 0.6) is 0 Å². The lowest BCUT2D eigenvalue weighted by Crippen LogP contribution is -2.13. The number of para-hydroxylation sites is 1. The maximum Gasteiger partial charge on any atom is 0.276 e. The number of hydrogen-bond donors (Lipinski definition) is 1. The highest BCUT2D eigenvalue weighted by molar-refractivity contribution is 6.02. The molecule has 5 heteroatoms. The Bertz CT molecular complexity index is 751. The van der Waals surface area contributed by atoms with Crippen LogP contribution in [-0.4, -0.2) is 15.7 Å². The molecule has 0 aliphatic carbocycles. The lowest BCUT2D eigenvalue weighted by atomic mass is 10.3. The van der Waals surface area contributed by atoms with E-state index in [0.29, 0.717) is 11.4 Å². The first-order chi connectivity index (χ1) is 10.2. The minimum Gasteiger partial charge on any atom is -0.321 e. The number of rotatable bonds is 3. The lowest BCUT2D eigenvalue weighted by Gasteiger charge is -2.03. The van der Waals surface area contributed by atoms with E-state index in [1.807, 2.05) is 30.3 Å². The van der Waals surface area contributed by atoms with Gasteiger partial charge in [-0.3, -0.25) is 4.79 Å². The summed E-state index contributed by atoms with van der Waals surface area (Å²) in [6.45, 7) is 0. The van der Waals surface area contributed by atoms with Crippen LogP contribution in [0.2, 0.25) is 0 Å². The number of nitrogens with one attached hydrogen (secondary N) is 1. The summed E-state index contributed by atoms with van der Waals surface area (Å²) in [5, 5.41) is 6.89. The van der Waals surface area contributed by atoms with Crippen molar-refractivity contribution in [2.75, 3.05) is 5.32 Å². The molecule has 0 saturated carbocycles. The quantitative estimate of drug-likeness (QED) is 0.801. The van der Waals surface area contributed by atoms with Crippen molar-refractivity contribution in [1.82, 2.24) is 9.78 Å². The molecule has 1 heterocycles. The summed E-state index contributed by atoms with van der Waals surface area (Å²) in [5.74, 6) is -0.683. The van der Waals surface area contributed by atoms with Gasteiger partial charge in [-0.1, -0.05) is 18.2 Å². The monoisotopic (exact) mass is 281 g/mol. The fraction of sp³-hybridized carbons (Fsp3) is 0. The van der Waals surface area contributed by atoms with Crippen LogP contribution < -0.4 is 5.32 Å². The molecule has 0 atom stereocenters. The molecule has 21 heavy (non-hydrogen) atoms. The molecule has 4 nitrogen and oxygen atoms in total. The molecular formula is C16H12FN3O. The first-order valence-electron chi connectivity index (χ1n) is 6.40. The molecule has 0 aliphatic heterocycles. The van der Waals surface area contributed by atoms with Crippen LogP contribution in [0, 0.1) is 5.82 Å². The van der Waals surface area contributed by atoms with Crippen molar-refractivity contribution in [2.45, 2.75) is 0 Å². The van der Waals surface area contributed by atoms with Gasteiger partial charge in [0.15, 0.2) is 5.69 Å². The average molecular weight is 281 g/mol. The fourth-order valence-corrected chi connectivity index (χ4v) is 1.90.